The number of hydrogen-bond acceptors (Lipinski definition) is 3. The summed E-state index contributed by atoms with van der Waals surface area (Å²) in [5.41, 5.74) is 0. The Morgan fingerprint density at radius 1 is 1.44 bits per heavy atom. The van der Waals surface area contributed by atoms with Crippen LogP contribution in [0.4, 0.5) is 0 Å². The highest BCUT2D eigenvalue weighted by molar-refractivity contribution is 5.83. The van der Waals surface area contributed by atoms with Crippen molar-refractivity contribution in [3.8, 4) is 0 Å². The molecule has 3 heterocycles. The summed E-state index contributed by atoms with van der Waals surface area (Å²) in [5.74, 6) is 1.07. The van der Waals surface area contributed by atoms with Crippen molar-refractivity contribution < 1.29 is 9.59 Å². The Hall–Kier alpha value is -1.85. The molecule has 0 aliphatic carbocycles. The summed E-state index contributed by atoms with van der Waals surface area (Å²) in [7, 11) is 0. The number of piperidine rings is 1. The fourth-order valence-electron chi connectivity index (χ4n) is 2.56. The average Bonchev–Trinajstić information content (AvgIpc) is 2.86. The third-order valence-electron chi connectivity index (χ3n) is 3.67. The van der Waals surface area contributed by atoms with Gasteiger partial charge >= 0.3 is 0 Å². The highest BCUT2D eigenvalue weighted by Crippen LogP contribution is 2.18. The molecular formula is C12H16N4O2. The van der Waals surface area contributed by atoms with Crippen LogP contribution in [-0.4, -0.2) is 39.4 Å². The molecule has 1 aromatic heterocycles. The second kappa shape index (κ2) is 4.44. The van der Waals surface area contributed by atoms with Gasteiger partial charge in [0, 0.05) is 38.4 Å². The van der Waals surface area contributed by atoms with E-state index in [-0.39, 0.29) is 17.7 Å². The van der Waals surface area contributed by atoms with Crippen LogP contribution in [-0.2, 0) is 22.7 Å². The number of amides is 2. The minimum absolute atomic E-state index is 0.0493. The molecule has 0 bridgehead atoms. The number of carbonyl (C=O) groups excluding carboxylic acids is 2. The second-order valence-electron chi connectivity index (χ2n) is 4.84. The van der Waals surface area contributed by atoms with Gasteiger partial charge < -0.3 is 14.8 Å². The number of carbonyl (C=O) groups is 2. The summed E-state index contributed by atoms with van der Waals surface area (Å²) in [6.07, 6.45) is 4.83. The fourth-order valence-corrected chi connectivity index (χ4v) is 2.56. The Bertz CT molecular complexity index is 472. The van der Waals surface area contributed by atoms with Crippen molar-refractivity contribution in [1.29, 1.82) is 0 Å². The van der Waals surface area contributed by atoms with E-state index in [1.165, 1.54) is 0 Å². The van der Waals surface area contributed by atoms with Gasteiger partial charge in [-0.25, -0.2) is 4.98 Å². The monoisotopic (exact) mass is 248 g/mol. The summed E-state index contributed by atoms with van der Waals surface area (Å²) < 4.78 is 2.08. The van der Waals surface area contributed by atoms with E-state index < -0.39 is 0 Å². The third-order valence-corrected chi connectivity index (χ3v) is 3.67. The van der Waals surface area contributed by atoms with Crippen molar-refractivity contribution in [2.24, 2.45) is 5.92 Å². The molecule has 96 valence electrons. The van der Waals surface area contributed by atoms with Gasteiger partial charge in [-0.15, -0.1) is 0 Å². The number of rotatable bonds is 1. The standard InChI is InChI=1S/C12H16N4O2/c17-11-2-1-9(7-14-11)12(18)16-6-5-15-4-3-13-10(15)8-16/h3-4,9H,1-2,5-8H2,(H,14,17). The van der Waals surface area contributed by atoms with Gasteiger partial charge in [0.25, 0.3) is 0 Å². The molecule has 2 aliphatic rings. The van der Waals surface area contributed by atoms with Crippen LogP contribution in [0.3, 0.4) is 0 Å². The van der Waals surface area contributed by atoms with Crippen LogP contribution in [0.5, 0.6) is 0 Å². The molecule has 0 spiro atoms. The molecule has 6 heteroatoms. The first kappa shape index (κ1) is 11.3. The Morgan fingerprint density at radius 2 is 2.33 bits per heavy atom. The van der Waals surface area contributed by atoms with Crippen LogP contribution < -0.4 is 5.32 Å². The normalized spacial score (nSPS) is 23.4. The number of hydrogen-bond donors (Lipinski definition) is 1. The molecule has 0 radical (unpaired) electrons. The van der Waals surface area contributed by atoms with E-state index >= 15 is 0 Å². The number of aromatic nitrogens is 2. The van der Waals surface area contributed by atoms with Gasteiger partial charge in [-0.3, -0.25) is 9.59 Å². The zero-order valence-electron chi connectivity index (χ0n) is 10.1. The minimum atomic E-state index is -0.0655. The van der Waals surface area contributed by atoms with Gasteiger partial charge in [-0.1, -0.05) is 0 Å². The van der Waals surface area contributed by atoms with Gasteiger partial charge in [-0.05, 0) is 6.42 Å². The molecule has 1 N–H and O–H groups in total. The van der Waals surface area contributed by atoms with E-state index in [1.54, 1.807) is 6.20 Å². The quantitative estimate of drug-likeness (QED) is 0.745. The van der Waals surface area contributed by atoms with E-state index in [0.29, 0.717) is 25.9 Å². The van der Waals surface area contributed by atoms with Crippen molar-refractivity contribution in [2.75, 3.05) is 13.1 Å². The number of imidazole rings is 1. The van der Waals surface area contributed by atoms with Crippen LogP contribution in [0.15, 0.2) is 12.4 Å². The molecule has 18 heavy (non-hydrogen) atoms. The second-order valence-corrected chi connectivity index (χ2v) is 4.84. The van der Waals surface area contributed by atoms with Crippen LogP contribution in [0.25, 0.3) is 0 Å². The van der Waals surface area contributed by atoms with Crippen LogP contribution in [0.1, 0.15) is 18.7 Å². The van der Waals surface area contributed by atoms with E-state index in [9.17, 15) is 9.59 Å². The maximum absolute atomic E-state index is 12.3. The van der Waals surface area contributed by atoms with Gasteiger partial charge in [0.2, 0.25) is 11.8 Å². The van der Waals surface area contributed by atoms with Crippen molar-refractivity contribution in [3.05, 3.63) is 18.2 Å². The average molecular weight is 248 g/mol. The molecule has 1 atom stereocenters. The molecule has 0 saturated carbocycles. The summed E-state index contributed by atoms with van der Waals surface area (Å²) in [6, 6.07) is 0. The number of nitrogens with zero attached hydrogens (tertiary/aromatic N) is 3. The zero-order chi connectivity index (χ0) is 12.5. The van der Waals surface area contributed by atoms with Crippen molar-refractivity contribution in [2.45, 2.75) is 25.9 Å². The van der Waals surface area contributed by atoms with E-state index in [4.69, 9.17) is 0 Å². The number of nitrogens with one attached hydrogen (secondary N) is 1. The van der Waals surface area contributed by atoms with Crippen LogP contribution >= 0.6 is 0 Å². The van der Waals surface area contributed by atoms with Crippen molar-refractivity contribution in [1.82, 2.24) is 19.8 Å². The fraction of sp³-hybridized carbons (Fsp3) is 0.583. The summed E-state index contributed by atoms with van der Waals surface area (Å²) >= 11 is 0. The predicted molar refractivity (Wildman–Crippen MR) is 63.4 cm³/mol. The highest BCUT2D eigenvalue weighted by Gasteiger charge is 2.30. The first-order chi connectivity index (χ1) is 8.74. The molecule has 6 nitrogen and oxygen atoms in total. The lowest BCUT2D eigenvalue weighted by molar-refractivity contribution is -0.138. The predicted octanol–water partition coefficient (Wildman–Crippen LogP) is -0.249. The molecule has 0 aromatic carbocycles. The van der Waals surface area contributed by atoms with Gasteiger partial charge in [0.05, 0.1) is 12.5 Å². The van der Waals surface area contributed by atoms with Gasteiger partial charge in [0.1, 0.15) is 5.82 Å². The van der Waals surface area contributed by atoms with Crippen molar-refractivity contribution in [3.63, 3.8) is 0 Å². The maximum atomic E-state index is 12.3. The molecule has 2 amide bonds. The van der Waals surface area contributed by atoms with Gasteiger partial charge in [-0.2, -0.15) is 0 Å². The number of fused-ring (bicyclic) bond motifs is 1. The third kappa shape index (κ3) is 1.98. The molecule has 1 saturated heterocycles. The summed E-state index contributed by atoms with van der Waals surface area (Å²) in [4.78, 5) is 29.5. The molecular weight excluding hydrogens is 232 g/mol. The largest absolute Gasteiger partial charge is 0.355 e. The molecule has 1 unspecified atom stereocenters. The van der Waals surface area contributed by atoms with Crippen LogP contribution in [0.2, 0.25) is 0 Å². The summed E-state index contributed by atoms with van der Waals surface area (Å²) in [6.45, 7) is 2.59. The summed E-state index contributed by atoms with van der Waals surface area (Å²) in [5, 5.41) is 2.76. The minimum Gasteiger partial charge on any atom is -0.355 e. The lowest BCUT2D eigenvalue weighted by atomic mass is 9.97. The topological polar surface area (TPSA) is 67.2 Å². The van der Waals surface area contributed by atoms with E-state index in [0.717, 1.165) is 18.9 Å². The van der Waals surface area contributed by atoms with Crippen molar-refractivity contribution >= 4 is 11.8 Å². The SMILES string of the molecule is O=C1CCC(C(=O)N2CCn3ccnc3C2)CN1. The Morgan fingerprint density at radius 3 is 3.11 bits per heavy atom. The first-order valence-corrected chi connectivity index (χ1v) is 6.29. The lowest BCUT2D eigenvalue weighted by Gasteiger charge is -2.32. The zero-order valence-corrected chi connectivity index (χ0v) is 10.1. The Balaban J connectivity index is 1.65. The maximum Gasteiger partial charge on any atom is 0.227 e. The van der Waals surface area contributed by atoms with E-state index in [1.807, 2.05) is 11.1 Å². The lowest BCUT2D eigenvalue weighted by Crippen LogP contribution is -2.47. The first-order valence-electron chi connectivity index (χ1n) is 6.29. The van der Waals surface area contributed by atoms with Gasteiger partial charge in [0.15, 0.2) is 0 Å². The Kier molecular flexibility index (Phi) is 2.77. The van der Waals surface area contributed by atoms with Crippen LogP contribution in [0, 0.1) is 5.92 Å². The highest BCUT2D eigenvalue weighted by atomic mass is 16.2. The van der Waals surface area contributed by atoms with E-state index in [2.05, 4.69) is 14.9 Å². The Labute approximate surface area is 105 Å². The molecule has 3 rings (SSSR count). The molecule has 2 aliphatic heterocycles. The smallest absolute Gasteiger partial charge is 0.227 e. The molecule has 1 fully saturated rings. The molecule has 1 aromatic rings.